The Balaban J connectivity index is 0.00000166. The molecule has 0 spiro atoms. The van der Waals surface area contributed by atoms with E-state index in [1.54, 1.807) is 6.08 Å². The van der Waals surface area contributed by atoms with Crippen LogP contribution < -0.4 is 0 Å². The number of hydrogen-bond donors (Lipinski definition) is 1. The summed E-state index contributed by atoms with van der Waals surface area (Å²) >= 11 is 0. The van der Waals surface area contributed by atoms with E-state index < -0.39 is 36.7 Å². The lowest BCUT2D eigenvalue weighted by Gasteiger charge is -2.32. The van der Waals surface area contributed by atoms with Crippen molar-refractivity contribution in [3.8, 4) is 0 Å². The fraction of sp³-hybridized carbons (Fsp3) is 0.500. The molecule has 1 saturated heterocycles. The van der Waals surface area contributed by atoms with Gasteiger partial charge in [-0.1, -0.05) is 26.0 Å². The van der Waals surface area contributed by atoms with Crippen molar-refractivity contribution in [2.75, 3.05) is 6.67 Å². The first-order valence-corrected chi connectivity index (χ1v) is 10.2. The van der Waals surface area contributed by atoms with Crippen LogP contribution in [0.3, 0.4) is 0 Å². The second-order valence-electron chi connectivity index (χ2n) is 8.14. The number of fused-ring (bicyclic) bond motifs is 1. The Morgan fingerprint density at radius 2 is 1.68 bits per heavy atom. The Kier molecular flexibility index (Phi) is 7.43. The van der Waals surface area contributed by atoms with Crippen LogP contribution in [0.15, 0.2) is 35.8 Å². The molecular formula is C22H29BF4N2O2. The second kappa shape index (κ2) is 9.16. The Bertz CT molecular complexity index is 962. The van der Waals surface area contributed by atoms with E-state index in [1.165, 1.54) is 12.1 Å². The minimum Gasteiger partial charge on any atom is -0.400 e. The predicted molar refractivity (Wildman–Crippen MR) is 116 cm³/mol. The lowest BCUT2D eigenvalue weighted by atomic mass is 9.79. The Morgan fingerprint density at radius 3 is 2.19 bits per heavy atom. The highest BCUT2D eigenvalue weighted by Crippen LogP contribution is 2.38. The monoisotopic (exact) mass is 440 g/mol. The molecule has 0 bridgehead atoms. The van der Waals surface area contributed by atoms with Crippen molar-refractivity contribution in [1.29, 1.82) is 0 Å². The van der Waals surface area contributed by atoms with Crippen molar-refractivity contribution in [2.24, 2.45) is 0 Å². The molecule has 0 unspecified atom stereocenters. The van der Waals surface area contributed by atoms with Crippen LogP contribution in [0, 0.1) is 0 Å². The Labute approximate surface area is 180 Å². The normalized spacial score (nSPS) is 18.9. The van der Waals surface area contributed by atoms with Gasteiger partial charge in [0.15, 0.2) is 0 Å². The lowest BCUT2D eigenvalue weighted by molar-refractivity contribution is -0.137. The molecule has 4 nitrogen and oxygen atoms in total. The molecule has 1 fully saturated rings. The summed E-state index contributed by atoms with van der Waals surface area (Å²) < 4.78 is 64.1. The molecule has 1 N–H and O–H groups in total. The van der Waals surface area contributed by atoms with E-state index in [9.17, 15) is 17.6 Å². The minimum absolute atomic E-state index is 0.180. The van der Waals surface area contributed by atoms with Gasteiger partial charge < -0.3 is 14.3 Å². The molecule has 1 aromatic heterocycles. The standard InChI is InChI=1S/C20H23BF4N2O2.C2H6/c1-12(21-28-18(2,3)19(4,5)29-21)6-7-13(11-22)17-26-15-9-8-14(20(23,24)25)10-16(15)27-17;1-2/h6-10H,11H2,1-5H3,(H,26,27);1-2H3/b12-6+,13-7+;. The number of nitrogens with one attached hydrogen (secondary N) is 1. The highest BCUT2D eigenvalue weighted by Gasteiger charge is 2.51. The van der Waals surface area contributed by atoms with Crippen molar-refractivity contribution in [3.63, 3.8) is 0 Å². The lowest BCUT2D eigenvalue weighted by Crippen LogP contribution is -2.41. The number of hydrogen-bond acceptors (Lipinski definition) is 3. The summed E-state index contributed by atoms with van der Waals surface area (Å²) in [7, 11) is -0.567. The van der Waals surface area contributed by atoms with Crippen molar-refractivity contribution in [1.82, 2.24) is 9.97 Å². The summed E-state index contributed by atoms with van der Waals surface area (Å²) in [5.41, 5.74) is -0.291. The molecule has 31 heavy (non-hydrogen) atoms. The number of aromatic nitrogens is 2. The zero-order chi connectivity index (χ0) is 23.6. The fourth-order valence-corrected chi connectivity index (χ4v) is 2.86. The molecule has 170 valence electrons. The maximum Gasteiger partial charge on any atom is 0.490 e. The molecule has 1 aliphatic rings. The highest BCUT2D eigenvalue weighted by molar-refractivity contribution is 6.54. The zero-order valence-corrected chi connectivity index (χ0v) is 18.9. The maximum atomic E-state index is 13.6. The van der Waals surface area contributed by atoms with Gasteiger partial charge in [0.05, 0.1) is 27.8 Å². The first kappa shape index (κ1) is 25.1. The summed E-state index contributed by atoms with van der Waals surface area (Å²) in [4.78, 5) is 6.97. The Morgan fingerprint density at radius 1 is 1.10 bits per heavy atom. The number of aromatic amines is 1. The molecular weight excluding hydrogens is 411 g/mol. The van der Waals surface area contributed by atoms with Gasteiger partial charge in [-0.25, -0.2) is 9.37 Å². The van der Waals surface area contributed by atoms with Gasteiger partial charge in [-0.3, -0.25) is 0 Å². The van der Waals surface area contributed by atoms with Crippen LogP contribution in [0.4, 0.5) is 17.6 Å². The van der Waals surface area contributed by atoms with E-state index in [2.05, 4.69) is 9.97 Å². The van der Waals surface area contributed by atoms with Crippen LogP contribution in [-0.2, 0) is 15.5 Å². The average molecular weight is 440 g/mol. The molecule has 0 radical (unpaired) electrons. The second-order valence-corrected chi connectivity index (χ2v) is 8.14. The van der Waals surface area contributed by atoms with Gasteiger partial charge in [-0.2, -0.15) is 13.2 Å². The maximum absolute atomic E-state index is 13.6. The summed E-state index contributed by atoms with van der Waals surface area (Å²) in [6.07, 6.45) is -1.25. The van der Waals surface area contributed by atoms with Crippen LogP contribution in [-0.4, -0.2) is 35.0 Å². The van der Waals surface area contributed by atoms with Crippen molar-refractivity contribution < 1.29 is 26.9 Å². The molecule has 1 aromatic carbocycles. The molecule has 3 rings (SSSR count). The SMILES string of the molecule is C/C(=C\C=C(/CF)c1nc2ccc(C(F)(F)F)cc2[nH]1)B1OC(C)(C)C(C)(C)O1.CC. The number of halogens is 4. The van der Waals surface area contributed by atoms with Crippen LogP contribution in [0.1, 0.15) is 59.9 Å². The van der Waals surface area contributed by atoms with Gasteiger partial charge >= 0.3 is 13.3 Å². The van der Waals surface area contributed by atoms with E-state index in [1.807, 2.05) is 48.5 Å². The molecule has 0 amide bonds. The number of alkyl halides is 4. The summed E-state index contributed by atoms with van der Waals surface area (Å²) in [5, 5.41) is 0. The van der Waals surface area contributed by atoms with Gasteiger partial charge in [0.2, 0.25) is 0 Å². The number of benzene rings is 1. The van der Waals surface area contributed by atoms with Gasteiger partial charge in [0.1, 0.15) is 12.5 Å². The molecule has 2 heterocycles. The number of H-pyrrole nitrogens is 1. The third-order valence-corrected chi connectivity index (χ3v) is 5.43. The van der Waals surface area contributed by atoms with E-state index in [0.717, 1.165) is 17.6 Å². The zero-order valence-electron chi connectivity index (χ0n) is 18.9. The fourth-order valence-electron chi connectivity index (χ4n) is 2.86. The molecule has 2 aromatic rings. The number of allylic oxidation sites excluding steroid dienone is 4. The Hall–Kier alpha value is -2.13. The van der Waals surface area contributed by atoms with E-state index in [4.69, 9.17) is 9.31 Å². The first-order chi connectivity index (χ1) is 14.3. The summed E-state index contributed by atoms with van der Waals surface area (Å²) in [5.74, 6) is 0.180. The predicted octanol–water partition coefficient (Wildman–Crippen LogP) is 6.54. The van der Waals surface area contributed by atoms with Gasteiger partial charge in [0.25, 0.3) is 0 Å². The van der Waals surface area contributed by atoms with Crippen molar-refractivity contribution in [3.05, 3.63) is 47.2 Å². The van der Waals surface area contributed by atoms with Gasteiger partial charge in [-0.15, -0.1) is 0 Å². The quantitative estimate of drug-likeness (QED) is 0.334. The minimum atomic E-state index is -4.46. The topological polar surface area (TPSA) is 47.1 Å². The van der Waals surface area contributed by atoms with Crippen molar-refractivity contribution >= 4 is 23.7 Å². The molecule has 9 heteroatoms. The van der Waals surface area contributed by atoms with E-state index in [-0.39, 0.29) is 16.9 Å². The van der Waals surface area contributed by atoms with Crippen LogP contribution >= 0.6 is 0 Å². The van der Waals surface area contributed by atoms with E-state index in [0.29, 0.717) is 5.52 Å². The van der Waals surface area contributed by atoms with Crippen LogP contribution in [0.5, 0.6) is 0 Å². The molecule has 1 aliphatic heterocycles. The van der Waals surface area contributed by atoms with Gasteiger partial charge in [0, 0.05) is 5.57 Å². The smallest absolute Gasteiger partial charge is 0.400 e. The largest absolute Gasteiger partial charge is 0.490 e. The first-order valence-electron chi connectivity index (χ1n) is 10.2. The highest BCUT2D eigenvalue weighted by atomic mass is 19.4. The third kappa shape index (κ3) is 5.38. The van der Waals surface area contributed by atoms with Crippen LogP contribution in [0.2, 0.25) is 0 Å². The average Bonchev–Trinajstić information content (AvgIpc) is 3.20. The van der Waals surface area contributed by atoms with Gasteiger partial charge in [-0.05, 0) is 58.3 Å². The number of imidazole rings is 1. The third-order valence-electron chi connectivity index (χ3n) is 5.43. The summed E-state index contributed by atoms with van der Waals surface area (Å²) in [6, 6.07) is 3.18. The van der Waals surface area contributed by atoms with Crippen molar-refractivity contribution in [2.45, 2.75) is 65.8 Å². The molecule has 0 atom stereocenters. The summed E-state index contributed by atoms with van der Waals surface area (Å²) in [6.45, 7) is 12.7. The number of rotatable bonds is 4. The molecule has 0 aliphatic carbocycles. The van der Waals surface area contributed by atoms with Crippen LogP contribution in [0.25, 0.3) is 16.6 Å². The number of nitrogens with zero attached hydrogens (tertiary/aromatic N) is 1. The molecule has 0 saturated carbocycles. The van der Waals surface area contributed by atoms with E-state index >= 15 is 0 Å².